The standard InChI is InChI=1S/C12H18N2O4S2/c1-10-9-13-6-7-14(10)20(17,18)12-5-3-4-11(8-12)19(2,15)16/h3-5,8,10,13H,6-7,9H2,1-2H3. The molecule has 1 unspecified atom stereocenters. The van der Waals surface area contributed by atoms with Crippen molar-refractivity contribution in [2.24, 2.45) is 0 Å². The third-order valence-corrected chi connectivity index (χ3v) is 6.40. The van der Waals surface area contributed by atoms with Crippen LogP contribution >= 0.6 is 0 Å². The molecule has 1 heterocycles. The van der Waals surface area contributed by atoms with E-state index >= 15 is 0 Å². The molecule has 1 aliphatic rings. The zero-order valence-electron chi connectivity index (χ0n) is 11.4. The zero-order chi connectivity index (χ0) is 15.0. The predicted octanol–water partition coefficient (Wildman–Crippen LogP) is 0.0725. The highest BCUT2D eigenvalue weighted by Crippen LogP contribution is 2.22. The number of hydrogen-bond acceptors (Lipinski definition) is 5. The van der Waals surface area contributed by atoms with Gasteiger partial charge < -0.3 is 5.32 Å². The number of hydrogen-bond donors (Lipinski definition) is 1. The van der Waals surface area contributed by atoms with Crippen LogP contribution in [0.15, 0.2) is 34.1 Å². The minimum atomic E-state index is -3.67. The zero-order valence-corrected chi connectivity index (χ0v) is 13.0. The molecule has 1 fully saturated rings. The van der Waals surface area contributed by atoms with Crippen molar-refractivity contribution in [2.45, 2.75) is 22.8 Å². The Kier molecular flexibility index (Phi) is 4.19. The number of benzene rings is 1. The summed E-state index contributed by atoms with van der Waals surface area (Å²) in [7, 11) is -7.09. The van der Waals surface area contributed by atoms with Crippen LogP contribution in [0, 0.1) is 0 Å². The molecule has 0 aliphatic carbocycles. The first-order valence-corrected chi connectivity index (χ1v) is 9.59. The first kappa shape index (κ1) is 15.4. The smallest absolute Gasteiger partial charge is 0.243 e. The Balaban J connectivity index is 2.44. The molecule has 20 heavy (non-hydrogen) atoms. The lowest BCUT2D eigenvalue weighted by Crippen LogP contribution is -2.52. The monoisotopic (exact) mass is 318 g/mol. The average molecular weight is 318 g/mol. The lowest BCUT2D eigenvalue weighted by Gasteiger charge is -2.32. The topological polar surface area (TPSA) is 83.6 Å². The van der Waals surface area contributed by atoms with Crippen LogP contribution in [0.2, 0.25) is 0 Å². The maximum absolute atomic E-state index is 12.6. The number of rotatable bonds is 3. The molecule has 1 aromatic rings. The van der Waals surface area contributed by atoms with Crippen molar-refractivity contribution in [2.75, 3.05) is 25.9 Å². The summed E-state index contributed by atoms with van der Waals surface area (Å²) in [5.41, 5.74) is 0. The van der Waals surface area contributed by atoms with Crippen LogP contribution < -0.4 is 5.32 Å². The van der Waals surface area contributed by atoms with Crippen molar-refractivity contribution in [3.05, 3.63) is 24.3 Å². The van der Waals surface area contributed by atoms with Gasteiger partial charge in [-0.1, -0.05) is 6.07 Å². The molecule has 1 saturated heterocycles. The van der Waals surface area contributed by atoms with Gasteiger partial charge in [-0.3, -0.25) is 0 Å². The fraction of sp³-hybridized carbons (Fsp3) is 0.500. The summed E-state index contributed by atoms with van der Waals surface area (Å²) < 4.78 is 49.6. The number of nitrogens with zero attached hydrogens (tertiary/aromatic N) is 1. The van der Waals surface area contributed by atoms with Crippen LogP contribution in [0.5, 0.6) is 0 Å². The Morgan fingerprint density at radius 2 is 1.85 bits per heavy atom. The van der Waals surface area contributed by atoms with Crippen LogP contribution in [0.25, 0.3) is 0 Å². The highest BCUT2D eigenvalue weighted by Gasteiger charge is 2.31. The first-order chi connectivity index (χ1) is 9.23. The summed E-state index contributed by atoms with van der Waals surface area (Å²) in [5, 5.41) is 3.12. The van der Waals surface area contributed by atoms with Crippen molar-refractivity contribution < 1.29 is 16.8 Å². The van der Waals surface area contributed by atoms with E-state index in [1.165, 1.54) is 28.6 Å². The maximum Gasteiger partial charge on any atom is 0.243 e. The van der Waals surface area contributed by atoms with E-state index in [9.17, 15) is 16.8 Å². The van der Waals surface area contributed by atoms with E-state index in [4.69, 9.17) is 0 Å². The average Bonchev–Trinajstić information content (AvgIpc) is 2.38. The van der Waals surface area contributed by atoms with E-state index in [0.29, 0.717) is 19.6 Å². The van der Waals surface area contributed by atoms with Gasteiger partial charge in [0, 0.05) is 31.9 Å². The second-order valence-electron chi connectivity index (χ2n) is 4.92. The van der Waals surface area contributed by atoms with Crippen LogP contribution in [-0.2, 0) is 19.9 Å². The predicted molar refractivity (Wildman–Crippen MR) is 75.8 cm³/mol. The van der Waals surface area contributed by atoms with Gasteiger partial charge >= 0.3 is 0 Å². The molecule has 2 rings (SSSR count). The second kappa shape index (κ2) is 5.44. The molecular formula is C12H18N2O4S2. The lowest BCUT2D eigenvalue weighted by molar-refractivity contribution is 0.284. The van der Waals surface area contributed by atoms with Crippen molar-refractivity contribution in [1.29, 1.82) is 0 Å². The summed E-state index contributed by atoms with van der Waals surface area (Å²) in [6, 6.07) is 5.35. The summed E-state index contributed by atoms with van der Waals surface area (Å²) in [6.07, 6.45) is 1.06. The fourth-order valence-corrected chi connectivity index (χ4v) is 4.60. The molecule has 6 nitrogen and oxygen atoms in total. The van der Waals surface area contributed by atoms with Gasteiger partial charge in [-0.05, 0) is 25.1 Å². The highest BCUT2D eigenvalue weighted by atomic mass is 32.2. The third kappa shape index (κ3) is 3.03. The van der Waals surface area contributed by atoms with E-state index in [1.807, 2.05) is 6.92 Å². The SMILES string of the molecule is CC1CNCCN1S(=O)(=O)c1cccc(S(C)(=O)=O)c1. The normalized spacial score (nSPS) is 21.8. The maximum atomic E-state index is 12.6. The minimum Gasteiger partial charge on any atom is -0.314 e. The van der Waals surface area contributed by atoms with Gasteiger partial charge in [0.1, 0.15) is 0 Å². The van der Waals surface area contributed by atoms with Crippen molar-refractivity contribution in [1.82, 2.24) is 9.62 Å². The van der Waals surface area contributed by atoms with Crippen LogP contribution in [-0.4, -0.2) is 53.1 Å². The molecule has 1 N–H and O–H groups in total. The van der Waals surface area contributed by atoms with E-state index in [-0.39, 0.29) is 15.8 Å². The second-order valence-corrected chi connectivity index (χ2v) is 8.82. The summed E-state index contributed by atoms with van der Waals surface area (Å²) in [5.74, 6) is 0. The van der Waals surface area contributed by atoms with Gasteiger partial charge in [-0.25, -0.2) is 16.8 Å². The van der Waals surface area contributed by atoms with Gasteiger partial charge in [-0.15, -0.1) is 0 Å². The van der Waals surface area contributed by atoms with Gasteiger partial charge in [0.05, 0.1) is 9.79 Å². The van der Waals surface area contributed by atoms with E-state index in [2.05, 4.69) is 5.32 Å². The first-order valence-electron chi connectivity index (χ1n) is 6.25. The van der Waals surface area contributed by atoms with Crippen LogP contribution in [0.1, 0.15) is 6.92 Å². The van der Waals surface area contributed by atoms with Gasteiger partial charge in [0.2, 0.25) is 10.0 Å². The van der Waals surface area contributed by atoms with Gasteiger partial charge in [-0.2, -0.15) is 4.31 Å². The Labute approximate surface area is 119 Å². The molecule has 0 amide bonds. The van der Waals surface area contributed by atoms with Gasteiger partial charge in [0.25, 0.3) is 0 Å². The molecule has 0 saturated carbocycles. The lowest BCUT2D eigenvalue weighted by atomic mass is 10.3. The van der Waals surface area contributed by atoms with Crippen molar-refractivity contribution in [3.63, 3.8) is 0 Å². The van der Waals surface area contributed by atoms with Crippen molar-refractivity contribution >= 4 is 19.9 Å². The quantitative estimate of drug-likeness (QED) is 0.853. The van der Waals surface area contributed by atoms with E-state index < -0.39 is 19.9 Å². The van der Waals surface area contributed by atoms with Crippen LogP contribution in [0.4, 0.5) is 0 Å². The largest absolute Gasteiger partial charge is 0.314 e. The van der Waals surface area contributed by atoms with E-state index in [1.54, 1.807) is 0 Å². The summed E-state index contributed by atoms with van der Waals surface area (Å²) in [4.78, 5) is 0.0375. The number of sulfonamides is 1. The molecule has 1 aromatic carbocycles. The number of sulfone groups is 1. The molecule has 0 spiro atoms. The molecule has 0 radical (unpaired) electrons. The Bertz CT molecular complexity index is 698. The molecule has 112 valence electrons. The molecule has 1 atom stereocenters. The van der Waals surface area contributed by atoms with Crippen LogP contribution in [0.3, 0.4) is 0 Å². The molecular weight excluding hydrogens is 300 g/mol. The minimum absolute atomic E-state index is 0.0152. The molecule has 8 heteroatoms. The highest BCUT2D eigenvalue weighted by molar-refractivity contribution is 7.91. The number of nitrogens with one attached hydrogen (secondary N) is 1. The Morgan fingerprint density at radius 1 is 1.20 bits per heavy atom. The fourth-order valence-electron chi connectivity index (χ4n) is 2.18. The molecule has 0 bridgehead atoms. The van der Waals surface area contributed by atoms with Gasteiger partial charge in [0.15, 0.2) is 9.84 Å². The number of piperazine rings is 1. The summed E-state index contributed by atoms with van der Waals surface area (Å²) >= 11 is 0. The Morgan fingerprint density at radius 3 is 2.45 bits per heavy atom. The van der Waals surface area contributed by atoms with E-state index in [0.717, 1.165) is 6.26 Å². The Hall–Kier alpha value is -0.960. The third-order valence-electron chi connectivity index (χ3n) is 3.28. The molecule has 0 aromatic heterocycles. The summed E-state index contributed by atoms with van der Waals surface area (Å²) in [6.45, 7) is 3.39. The van der Waals surface area contributed by atoms with Crippen molar-refractivity contribution in [3.8, 4) is 0 Å². The molecule has 1 aliphatic heterocycles.